The zero-order valence-corrected chi connectivity index (χ0v) is 11.4. The van der Waals surface area contributed by atoms with Crippen LogP contribution in [0.1, 0.15) is 13.8 Å². The van der Waals surface area contributed by atoms with Gasteiger partial charge in [0.25, 0.3) is 0 Å². The predicted octanol–water partition coefficient (Wildman–Crippen LogP) is 2.38. The summed E-state index contributed by atoms with van der Waals surface area (Å²) in [7, 11) is 1.42. The van der Waals surface area contributed by atoms with Crippen LogP contribution in [0.5, 0.6) is 0 Å². The molecule has 16 heavy (non-hydrogen) atoms. The van der Waals surface area contributed by atoms with Crippen LogP contribution in [0, 0.1) is 0 Å². The van der Waals surface area contributed by atoms with E-state index in [0.717, 1.165) is 6.54 Å². The molecule has 0 fully saturated rings. The van der Waals surface area contributed by atoms with E-state index in [1.54, 1.807) is 23.1 Å². The number of hydrogen-bond acceptors (Lipinski definition) is 5. The zero-order valence-electron chi connectivity index (χ0n) is 9.78. The topological polar surface area (TPSA) is 38.3 Å². The number of carbonyl (C=O) groups excluding carboxylic acids is 1. The number of likely N-dealkylation sites (N-methyl/N-ethyl adjacent to an activating group) is 1. The lowest BCUT2D eigenvalue weighted by Crippen LogP contribution is -2.52. The first-order valence-electron chi connectivity index (χ1n) is 5.12. The molecule has 0 radical (unpaired) electrons. The second-order valence-electron chi connectivity index (χ2n) is 3.57. The van der Waals surface area contributed by atoms with Crippen molar-refractivity contribution in [1.29, 1.82) is 0 Å². The van der Waals surface area contributed by atoms with Crippen molar-refractivity contribution in [3.8, 4) is 0 Å². The highest BCUT2D eigenvalue weighted by atomic mass is 32.2. The van der Waals surface area contributed by atoms with Gasteiger partial charge in [0, 0.05) is 5.75 Å². The molecular weight excluding hydrogens is 242 g/mol. The quantitative estimate of drug-likeness (QED) is 0.629. The van der Waals surface area contributed by atoms with E-state index in [0.29, 0.717) is 5.75 Å². The third-order valence-corrected chi connectivity index (χ3v) is 4.65. The summed E-state index contributed by atoms with van der Waals surface area (Å²) in [6.07, 6.45) is 0. The molecule has 3 nitrogen and oxygen atoms in total. The van der Waals surface area contributed by atoms with Crippen LogP contribution in [0.4, 0.5) is 0 Å². The van der Waals surface area contributed by atoms with Gasteiger partial charge in [0.05, 0.1) is 11.3 Å². The molecule has 0 bridgehead atoms. The van der Waals surface area contributed by atoms with Gasteiger partial charge in [-0.2, -0.15) is 0 Å². The summed E-state index contributed by atoms with van der Waals surface area (Å²) in [6.45, 7) is 4.61. The fourth-order valence-electron chi connectivity index (χ4n) is 1.36. The van der Waals surface area contributed by atoms with Gasteiger partial charge in [0.15, 0.2) is 0 Å². The molecule has 0 spiro atoms. The Morgan fingerprint density at radius 3 is 2.94 bits per heavy atom. The Kier molecular flexibility index (Phi) is 5.31. The first-order valence-corrected chi connectivity index (χ1v) is 6.98. The van der Waals surface area contributed by atoms with Crippen LogP contribution < -0.4 is 5.32 Å². The number of esters is 1. The molecular formula is C11H17NO2S2. The number of carbonyl (C=O) groups is 1. The second kappa shape index (κ2) is 6.27. The molecule has 0 saturated carbocycles. The first kappa shape index (κ1) is 13.5. The maximum atomic E-state index is 11.7. The monoisotopic (exact) mass is 259 g/mol. The summed E-state index contributed by atoms with van der Waals surface area (Å²) in [5, 5.41) is 5.21. The van der Waals surface area contributed by atoms with E-state index in [1.165, 1.54) is 11.3 Å². The van der Waals surface area contributed by atoms with E-state index in [-0.39, 0.29) is 5.97 Å². The Morgan fingerprint density at radius 2 is 2.44 bits per heavy atom. The molecule has 90 valence electrons. The molecule has 0 amide bonds. The minimum Gasteiger partial charge on any atom is -0.468 e. The van der Waals surface area contributed by atoms with Crippen molar-refractivity contribution < 1.29 is 9.53 Å². The van der Waals surface area contributed by atoms with Crippen molar-refractivity contribution in [1.82, 2.24) is 5.32 Å². The number of hydrogen-bond donors (Lipinski definition) is 1. The summed E-state index contributed by atoms with van der Waals surface area (Å²) in [6, 6.07) is 4.06. The molecule has 1 aromatic heterocycles. The minimum absolute atomic E-state index is 0.210. The van der Waals surface area contributed by atoms with E-state index < -0.39 is 5.54 Å². The van der Waals surface area contributed by atoms with Crippen LogP contribution in [0.3, 0.4) is 0 Å². The molecule has 0 saturated heterocycles. The van der Waals surface area contributed by atoms with E-state index in [4.69, 9.17) is 4.74 Å². The van der Waals surface area contributed by atoms with Gasteiger partial charge in [0.2, 0.25) is 0 Å². The van der Waals surface area contributed by atoms with Crippen molar-refractivity contribution >= 4 is 29.1 Å². The summed E-state index contributed by atoms with van der Waals surface area (Å²) in [5.74, 6) is 0.465. The highest BCUT2D eigenvalue weighted by Gasteiger charge is 2.33. The molecule has 1 heterocycles. The molecule has 5 heteroatoms. The lowest BCUT2D eigenvalue weighted by molar-refractivity contribution is -0.146. The van der Waals surface area contributed by atoms with Crippen molar-refractivity contribution in [2.24, 2.45) is 0 Å². The number of ether oxygens (including phenoxy) is 1. The van der Waals surface area contributed by atoms with Gasteiger partial charge in [-0.1, -0.05) is 13.0 Å². The highest BCUT2D eigenvalue weighted by molar-refractivity contribution is 8.01. The molecule has 1 unspecified atom stereocenters. The predicted molar refractivity (Wildman–Crippen MR) is 69.1 cm³/mol. The average Bonchev–Trinajstić information content (AvgIpc) is 2.78. The smallest absolute Gasteiger partial charge is 0.326 e. The number of rotatable bonds is 6. The van der Waals surface area contributed by atoms with Gasteiger partial charge in [-0.05, 0) is 24.9 Å². The number of thioether (sulfide) groups is 1. The van der Waals surface area contributed by atoms with Crippen LogP contribution in [-0.2, 0) is 9.53 Å². The molecule has 1 N–H and O–H groups in total. The van der Waals surface area contributed by atoms with Gasteiger partial charge < -0.3 is 10.1 Å². The third kappa shape index (κ3) is 3.50. The van der Waals surface area contributed by atoms with Crippen molar-refractivity contribution in [2.45, 2.75) is 23.6 Å². The Hall–Kier alpha value is -0.520. The van der Waals surface area contributed by atoms with Gasteiger partial charge in [-0.25, -0.2) is 0 Å². The SMILES string of the molecule is CCNC(C)(CSc1cccs1)C(=O)OC. The van der Waals surface area contributed by atoms with Gasteiger partial charge in [-0.15, -0.1) is 23.1 Å². The maximum absolute atomic E-state index is 11.7. The Labute approximate surface area is 105 Å². The summed E-state index contributed by atoms with van der Waals surface area (Å²) in [4.78, 5) is 11.7. The fourth-order valence-corrected chi connectivity index (χ4v) is 3.25. The molecule has 0 aliphatic heterocycles. The summed E-state index contributed by atoms with van der Waals surface area (Å²) < 4.78 is 6.04. The normalized spacial score (nSPS) is 14.4. The summed E-state index contributed by atoms with van der Waals surface area (Å²) in [5.41, 5.74) is -0.613. The van der Waals surface area contributed by atoms with E-state index in [2.05, 4.69) is 11.4 Å². The van der Waals surface area contributed by atoms with E-state index >= 15 is 0 Å². The molecule has 0 aliphatic carbocycles. The van der Waals surface area contributed by atoms with Crippen LogP contribution in [0.2, 0.25) is 0 Å². The van der Waals surface area contributed by atoms with Crippen LogP contribution in [-0.4, -0.2) is 30.9 Å². The first-order chi connectivity index (χ1) is 7.62. The largest absolute Gasteiger partial charge is 0.468 e. The van der Waals surface area contributed by atoms with Crippen LogP contribution in [0.15, 0.2) is 21.7 Å². The summed E-state index contributed by atoms with van der Waals surface area (Å²) >= 11 is 3.36. The third-order valence-electron chi connectivity index (χ3n) is 2.20. The standard InChI is InChI=1S/C11H17NO2S2/c1-4-12-11(2,10(13)14-3)8-16-9-6-5-7-15-9/h5-7,12H,4,8H2,1-3H3. The molecule has 0 aromatic carbocycles. The Bertz CT molecular complexity index is 327. The van der Waals surface area contributed by atoms with E-state index in [1.807, 2.05) is 25.3 Å². The van der Waals surface area contributed by atoms with Crippen molar-refractivity contribution in [2.75, 3.05) is 19.4 Å². The molecule has 1 atom stereocenters. The number of thiophene rings is 1. The van der Waals surface area contributed by atoms with Crippen molar-refractivity contribution in [3.63, 3.8) is 0 Å². The van der Waals surface area contributed by atoms with Crippen LogP contribution >= 0.6 is 23.1 Å². The second-order valence-corrected chi connectivity index (χ2v) is 5.80. The number of nitrogens with one attached hydrogen (secondary N) is 1. The Balaban J connectivity index is 2.60. The van der Waals surface area contributed by atoms with Crippen molar-refractivity contribution in [3.05, 3.63) is 17.5 Å². The fraction of sp³-hybridized carbons (Fsp3) is 0.545. The Morgan fingerprint density at radius 1 is 1.69 bits per heavy atom. The minimum atomic E-state index is -0.613. The van der Waals surface area contributed by atoms with Gasteiger partial charge in [-0.3, -0.25) is 4.79 Å². The van der Waals surface area contributed by atoms with Gasteiger partial charge in [0.1, 0.15) is 5.54 Å². The lowest BCUT2D eigenvalue weighted by Gasteiger charge is -2.26. The lowest BCUT2D eigenvalue weighted by atomic mass is 10.1. The molecule has 0 aliphatic rings. The average molecular weight is 259 g/mol. The van der Waals surface area contributed by atoms with Crippen LogP contribution in [0.25, 0.3) is 0 Å². The maximum Gasteiger partial charge on any atom is 0.326 e. The zero-order chi connectivity index (χ0) is 12.0. The van der Waals surface area contributed by atoms with E-state index in [9.17, 15) is 4.79 Å². The van der Waals surface area contributed by atoms with Gasteiger partial charge >= 0.3 is 5.97 Å². The highest BCUT2D eigenvalue weighted by Crippen LogP contribution is 2.27. The number of methoxy groups -OCH3 is 1. The molecule has 1 rings (SSSR count). The molecule has 1 aromatic rings.